The van der Waals surface area contributed by atoms with Crippen molar-refractivity contribution in [3.05, 3.63) is 39.1 Å². The van der Waals surface area contributed by atoms with Crippen molar-refractivity contribution in [2.45, 2.75) is 39.7 Å². The van der Waals surface area contributed by atoms with Gasteiger partial charge in [0.25, 0.3) is 0 Å². The van der Waals surface area contributed by atoms with Crippen LogP contribution in [0.4, 0.5) is 10.5 Å². The van der Waals surface area contributed by atoms with E-state index in [0.29, 0.717) is 24.1 Å². The molecule has 0 spiro atoms. The largest absolute Gasteiger partial charge is 0.493 e. The molecule has 1 unspecified atom stereocenters. The lowest BCUT2D eigenvalue weighted by molar-refractivity contribution is -0.386. The van der Waals surface area contributed by atoms with Crippen molar-refractivity contribution in [1.29, 1.82) is 0 Å². The van der Waals surface area contributed by atoms with Crippen LogP contribution in [-0.4, -0.2) is 37.2 Å². The van der Waals surface area contributed by atoms with Crippen molar-refractivity contribution in [1.82, 2.24) is 10.6 Å². The first kappa shape index (κ1) is 22.0. The number of nitrogens with zero attached hydrogens (tertiary/aromatic N) is 1. The molecule has 0 saturated carbocycles. The van der Waals surface area contributed by atoms with Crippen molar-refractivity contribution in [3.63, 3.8) is 0 Å². The summed E-state index contributed by atoms with van der Waals surface area (Å²) in [4.78, 5) is 35.8. The summed E-state index contributed by atoms with van der Waals surface area (Å²) in [5.74, 6) is -0.479. The molecule has 1 aromatic rings. The second-order valence-electron chi connectivity index (χ2n) is 6.17. The maximum absolute atomic E-state index is 12.6. The van der Waals surface area contributed by atoms with E-state index in [-0.39, 0.29) is 36.0 Å². The number of nitrogens with one attached hydrogen (secondary N) is 2. The molecule has 0 saturated heterocycles. The maximum atomic E-state index is 12.6. The summed E-state index contributed by atoms with van der Waals surface area (Å²) in [7, 11) is 1.36. The molecule has 0 aliphatic carbocycles. The molecule has 2 amide bonds. The zero-order valence-corrected chi connectivity index (χ0v) is 16.9. The quantitative estimate of drug-likeness (QED) is 0.366. The topological polar surface area (TPSA) is 129 Å². The van der Waals surface area contributed by atoms with E-state index in [1.54, 1.807) is 13.8 Å². The Kier molecular flexibility index (Phi) is 7.40. The Hall–Kier alpha value is -3.30. The first-order chi connectivity index (χ1) is 13.9. The molecule has 29 heavy (non-hydrogen) atoms. The molecule has 0 radical (unpaired) electrons. The molecule has 0 aromatic heterocycles. The molecule has 1 aliphatic heterocycles. The normalized spacial score (nSPS) is 16.0. The summed E-state index contributed by atoms with van der Waals surface area (Å²) in [5.41, 5.74) is 0.570. The van der Waals surface area contributed by atoms with Crippen molar-refractivity contribution in [2.75, 3.05) is 20.3 Å². The van der Waals surface area contributed by atoms with Crippen LogP contribution in [0.15, 0.2) is 23.4 Å². The smallest absolute Gasteiger partial charge is 0.338 e. The van der Waals surface area contributed by atoms with E-state index in [1.165, 1.54) is 19.2 Å². The van der Waals surface area contributed by atoms with Crippen molar-refractivity contribution in [3.8, 4) is 11.5 Å². The molecule has 0 fully saturated rings. The average Bonchev–Trinajstić information content (AvgIpc) is 2.70. The monoisotopic (exact) mass is 407 g/mol. The van der Waals surface area contributed by atoms with Crippen LogP contribution in [0.25, 0.3) is 0 Å². The third kappa shape index (κ3) is 4.76. The van der Waals surface area contributed by atoms with Gasteiger partial charge in [-0.1, -0.05) is 13.8 Å². The lowest BCUT2D eigenvalue weighted by Crippen LogP contribution is -2.45. The third-order valence-corrected chi connectivity index (χ3v) is 4.26. The Morgan fingerprint density at radius 1 is 1.28 bits per heavy atom. The van der Waals surface area contributed by atoms with E-state index in [4.69, 9.17) is 14.2 Å². The SMILES string of the molecule is CCCOc1c(OC)cc(C2NC(=O)NC(CC)=C2C(=O)OCC)cc1[N+](=O)[O-]. The van der Waals surface area contributed by atoms with Crippen LogP contribution in [-0.2, 0) is 9.53 Å². The Morgan fingerprint density at radius 3 is 2.55 bits per heavy atom. The van der Waals surface area contributed by atoms with Gasteiger partial charge in [0, 0.05) is 11.8 Å². The van der Waals surface area contributed by atoms with Crippen molar-refractivity contribution < 1.29 is 28.7 Å². The molecular weight excluding hydrogens is 382 g/mol. The highest BCUT2D eigenvalue weighted by molar-refractivity contribution is 5.95. The van der Waals surface area contributed by atoms with E-state index >= 15 is 0 Å². The number of nitro groups is 1. The number of benzene rings is 1. The van der Waals surface area contributed by atoms with Gasteiger partial charge >= 0.3 is 17.7 Å². The zero-order chi connectivity index (χ0) is 21.6. The van der Waals surface area contributed by atoms with Gasteiger partial charge in [0.05, 0.1) is 36.9 Å². The molecule has 10 heteroatoms. The fraction of sp³-hybridized carbons (Fsp3) is 0.474. The third-order valence-electron chi connectivity index (χ3n) is 4.26. The molecule has 2 N–H and O–H groups in total. The van der Waals surface area contributed by atoms with E-state index in [0.717, 1.165) is 0 Å². The number of ether oxygens (including phenoxy) is 3. The minimum atomic E-state index is -0.939. The molecule has 1 aliphatic rings. The Balaban J connectivity index is 2.66. The van der Waals surface area contributed by atoms with Gasteiger partial charge in [-0.2, -0.15) is 0 Å². The summed E-state index contributed by atoms with van der Waals surface area (Å²) in [6, 6.07) is 1.33. The number of hydrogen-bond donors (Lipinski definition) is 2. The number of hydrogen-bond acceptors (Lipinski definition) is 7. The first-order valence-electron chi connectivity index (χ1n) is 9.34. The summed E-state index contributed by atoms with van der Waals surface area (Å²) in [6.45, 7) is 5.74. The van der Waals surface area contributed by atoms with Crippen LogP contribution < -0.4 is 20.1 Å². The second kappa shape index (κ2) is 9.76. The standard InChI is InChI=1S/C19H25N3O7/c1-5-8-29-17-13(22(25)26)9-11(10-14(17)27-4)16-15(18(23)28-7-3)12(6-2)20-19(24)21-16/h9-10,16H,5-8H2,1-4H3,(H2,20,21,24). The Morgan fingerprint density at radius 2 is 2.00 bits per heavy atom. The lowest BCUT2D eigenvalue weighted by Gasteiger charge is -2.29. The molecular formula is C19H25N3O7. The highest BCUT2D eigenvalue weighted by Gasteiger charge is 2.35. The number of rotatable bonds is 9. The van der Waals surface area contributed by atoms with E-state index in [9.17, 15) is 19.7 Å². The number of allylic oxidation sites excluding steroid dienone is 1. The van der Waals surface area contributed by atoms with Crippen LogP contribution in [0.1, 0.15) is 45.2 Å². The number of urea groups is 1. The minimum Gasteiger partial charge on any atom is -0.493 e. The highest BCUT2D eigenvalue weighted by atomic mass is 16.6. The second-order valence-corrected chi connectivity index (χ2v) is 6.17. The summed E-state index contributed by atoms with van der Waals surface area (Å²) in [6.07, 6.45) is 1.02. The van der Waals surface area contributed by atoms with Gasteiger partial charge in [-0.25, -0.2) is 9.59 Å². The van der Waals surface area contributed by atoms with Crippen LogP contribution in [0.3, 0.4) is 0 Å². The molecule has 0 bridgehead atoms. The molecule has 2 rings (SSSR count). The Labute approximate surface area is 168 Å². The van der Waals surface area contributed by atoms with Gasteiger partial charge < -0.3 is 24.8 Å². The van der Waals surface area contributed by atoms with E-state index in [2.05, 4.69) is 10.6 Å². The molecule has 10 nitrogen and oxygen atoms in total. The van der Waals surface area contributed by atoms with Gasteiger partial charge in [0.2, 0.25) is 5.75 Å². The van der Waals surface area contributed by atoms with Crippen molar-refractivity contribution in [2.24, 2.45) is 0 Å². The predicted octanol–water partition coefficient (Wildman–Crippen LogP) is 2.97. The van der Waals surface area contributed by atoms with E-state index in [1.807, 2.05) is 6.92 Å². The van der Waals surface area contributed by atoms with Crippen LogP contribution in [0, 0.1) is 10.1 Å². The van der Waals surface area contributed by atoms with Crippen LogP contribution >= 0.6 is 0 Å². The zero-order valence-electron chi connectivity index (χ0n) is 16.9. The predicted molar refractivity (Wildman–Crippen MR) is 104 cm³/mol. The minimum absolute atomic E-state index is 0.000685. The number of nitro benzene ring substituents is 1. The fourth-order valence-electron chi connectivity index (χ4n) is 3.01. The highest BCUT2D eigenvalue weighted by Crippen LogP contribution is 2.42. The molecule has 1 atom stereocenters. The number of carbonyl (C=O) groups is 2. The van der Waals surface area contributed by atoms with Crippen molar-refractivity contribution >= 4 is 17.7 Å². The van der Waals surface area contributed by atoms with Crippen LogP contribution in [0.5, 0.6) is 11.5 Å². The molecule has 158 valence electrons. The van der Waals surface area contributed by atoms with Gasteiger partial charge in [-0.3, -0.25) is 10.1 Å². The summed E-state index contributed by atoms with van der Waals surface area (Å²) >= 11 is 0. The van der Waals surface area contributed by atoms with Crippen LogP contribution in [0.2, 0.25) is 0 Å². The fourth-order valence-corrected chi connectivity index (χ4v) is 3.01. The number of esters is 1. The van der Waals surface area contributed by atoms with Gasteiger partial charge in [-0.15, -0.1) is 0 Å². The summed E-state index contributed by atoms with van der Waals surface area (Å²) in [5, 5.41) is 16.9. The lowest BCUT2D eigenvalue weighted by atomic mass is 9.93. The first-order valence-corrected chi connectivity index (χ1v) is 9.34. The molecule has 1 heterocycles. The number of carbonyl (C=O) groups excluding carboxylic acids is 2. The number of amides is 2. The number of methoxy groups -OCH3 is 1. The van der Waals surface area contributed by atoms with Gasteiger partial charge in [0.1, 0.15) is 0 Å². The van der Waals surface area contributed by atoms with Gasteiger partial charge in [-0.05, 0) is 31.4 Å². The molecule has 1 aromatic carbocycles. The average molecular weight is 407 g/mol. The van der Waals surface area contributed by atoms with E-state index < -0.39 is 23.0 Å². The maximum Gasteiger partial charge on any atom is 0.338 e. The summed E-state index contributed by atoms with van der Waals surface area (Å²) < 4.78 is 15.9. The van der Waals surface area contributed by atoms with Gasteiger partial charge in [0.15, 0.2) is 5.75 Å². The Bertz CT molecular complexity index is 835.